The van der Waals surface area contributed by atoms with Crippen LogP contribution in [0.25, 0.3) is 0 Å². The number of aromatic nitrogens is 2. The molecule has 1 aromatic rings. The lowest BCUT2D eigenvalue weighted by Gasteiger charge is -2.23. The summed E-state index contributed by atoms with van der Waals surface area (Å²) in [5.41, 5.74) is 7.28. The Morgan fingerprint density at radius 1 is 1.57 bits per heavy atom. The van der Waals surface area contributed by atoms with Gasteiger partial charge in [-0.15, -0.1) is 12.4 Å². The Hall–Kier alpha value is -0.540. The number of nitrogens with two attached hydrogens (primary N) is 1. The molecule has 0 fully saturated rings. The second kappa shape index (κ2) is 4.32. The van der Waals surface area contributed by atoms with Gasteiger partial charge in [-0.1, -0.05) is 13.8 Å². The van der Waals surface area contributed by atoms with E-state index in [1.165, 1.54) is 11.5 Å². The van der Waals surface area contributed by atoms with E-state index in [0.29, 0.717) is 12.0 Å². The molecule has 0 spiro atoms. The van der Waals surface area contributed by atoms with Crippen LogP contribution in [0.5, 0.6) is 0 Å². The molecule has 0 aromatic carbocycles. The van der Waals surface area contributed by atoms with E-state index in [1.54, 1.807) is 0 Å². The Morgan fingerprint density at radius 2 is 2.29 bits per heavy atom. The average Bonchev–Trinajstić information content (AvgIpc) is 2.46. The molecule has 1 atom stereocenters. The Kier molecular flexibility index (Phi) is 3.56. The second-order valence-corrected chi connectivity index (χ2v) is 4.17. The van der Waals surface area contributed by atoms with Crippen LogP contribution in [0, 0.1) is 0 Å². The first kappa shape index (κ1) is 11.5. The number of imidazole rings is 1. The molecule has 2 rings (SSSR count). The van der Waals surface area contributed by atoms with Gasteiger partial charge in [-0.2, -0.15) is 0 Å². The predicted molar refractivity (Wildman–Crippen MR) is 59.9 cm³/mol. The van der Waals surface area contributed by atoms with Gasteiger partial charge in [0.05, 0.1) is 0 Å². The summed E-state index contributed by atoms with van der Waals surface area (Å²) in [6.07, 6.45) is 4.19. The molecule has 1 aliphatic heterocycles. The Labute approximate surface area is 91.1 Å². The zero-order chi connectivity index (χ0) is 9.42. The van der Waals surface area contributed by atoms with Crippen molar-refractivity contribution in [3.8, 4) is 0 Å². The highest BCUT2D eigenvalue weighted by molar-refractivity contribution is 5.85. The van der Waals surface area contributed by atoms with Gasteiger partial charge in [-0.25, -0.2) is 4.98 Å². The van der Waals surface area contributed by atoms with E-state index < -0.39 is 0 Å². The monoisotopic (exact) mass is 215 g/mol. The van der Waals surface area contributed by atoms with Gasteiger partial charge in [0, 0.05) is 30.4 Å². The largest absolute Gasteiger partial charge is 0.330 e. The van der Waals surface area contributed by atoms with Crippen molar-refractivity contribution in [2.45, 2.75) is 45.2 Å². The maximum atomic E-state index is 5.93. The zero-order valence-electron chi connectivity index (χ0n) is 8.73. The molecule has 0 saturated carbocycles. The summed E-state index contributed by atoms with van der Waals surface area (Å²) in [5.74, 6) is 1.68. The van der Waals surface area contributed by atoms with Crippen molar-refractivity contribution in [2.24, 2.45) is 5.73 Å². The van der Waals surface area contributed by atoms with Gasteiger partial charge in [0.2, 0.25) is 0 Å². The van der Waals surface area contributed by atoms with E-state index in [0.717, 1.165) is 19.4 Å². The summed E-state index contributed by atoms with van der Waals surface area (Å²) in [5, 5.41) is 0. The summed E-state index contributed by atoms with van der Waals surface area (Å²) >= 11 is 0. The van der Waals surface area contributed by atoms with Crippen LogP contribution in [0.15, 0.2) is 6.20 Å². The molecule has 1 unspecified atom stereocenters. The van der Waals surface area contributed by atoms with Gasteiger partial charge in [-0.05, 0) is 12.8 Å². The fraction of sp³-hybridized carbons (Fsp3) is 0.700. The first-order valence-corrected chi connectivity index (χ1v) is 4.98. The third-order valence-electron chi connectivity index (χ3n) is 2.67. The van der Waals surface area contributed by atoms with Crippen molar-refractivity contribution >= 4 is 12.4 Å². The highest BCUT2D eigenvalue weighted by Crippen LogP contribution is 2.20. The molecule has 14 heavy (non-hydrogen) atoms. The summed E-state index contributed by atoms with van der Waals surface area (Å²) in [6.45, 7) is 5.30. The third kappa shape index (κ3) is 1.93. The van der Waals surface area contributed by atoms with Crippen LogP contribution in [-0.4, -0.2) is 15.6 Å². The molecule has 0 bridgehead atoms. The molecule has 0 amide bonds. The minimum Gasteiger partial charge on any atom is -0.330 e. The molecule has 0 aliphatic carbocycles. The van der Waals surface area contributed by atoms with Gasteiger partial charge in [0.25, 0.3) is 0 Å². The first-order chi connectivity index (χ1) is 6.18. The number of fused-ring (bicyclic) bond motifs is 1. The summed E-state index contributed by atoms with van der Waals surface area (Å²) in [4.78, 5) is 4.44. The highest BCUT2D eigenvalue weighted by atomic mass is 35.5. The second-order valence-electron chi connectivity index (χ2n) is 4.17. The molecule has 80 valence electrons. The molecule has 1 aliphatic rings. The van der Waals surface area contributed by atoms with Crippen LogP contribution in [0.1, 0.15) is 37.7 Å². The van der Waals surface area contributed by atoms with Crippen molar-refractivity contribution in [2.75, 3.05) is 0 Å². The average molecular weight is 216 g/mol. The van der Waals surface area contributed by atoms with Crippen LogP contribution in [0.2, 0.25) is 0 Å². The molecular formula is C10H18ClN3. The molecule has 0 saturated heterocycles. The maximum Gasteiger partial charge on any atom is 0.111 e. The minimum absolute atomic E-state index is 0. The number of rotatable bonds is 1. The van der Waals surface area contributed by atoms with E-state index in [4.69, 9.17) is 5.73 Å². The van der Waals surface area contributed by atoms with Gasteiger partial charge in [0.15, 0.2) is 0 Å². The Morgan fingerprint density at radius 3 is 2.93 bits per heavy atom. The topological polar surface area (TPSA) is 43.8 Å². The van der Waals surface area contributed by atoms with Gasteiger partial charge >= 0.3 is 0 Å². The fourth-order valence-electron chi connectivity index (χ4n) is 1.96. The SMILES string of the molecule is CC(C)c1ncc2n1CC(N)CC2.Cl. The van der Waals surface area contributed by atoms with Crippen LogP contribution >= 0.6 is 12.4 Å². The first-order valence-electron chi connectivity index (χ1n) is 4.98. The van der Waals surface area contributed by atoms with E-state index in [2.05, 4.69) is 23.4 Å². The van der Waals surface area contributed by atoms with E-state index in [-0.39, 0.29) is 12.4 Å². The molecule has 0 radical (unpaired) electrons. The van der Waals surface area contributed by atoms with E-state index in [9.17, 15) is 0 Å². The molecular weight excluding hydrogens is 198 g/mol. The van der Waals surface area contributed by atoms with Crippen molar-refractivity contribution in [1.82, 2.24) is 9.55 Å². The highest BCUT2D eigenvalue weighted by Gasteiger charge is 2.19. The molecule has 1 aromatic heterocycles. The van der Waals surface area contributed by atoms with Crippen molar-refractivity contribution in [1.29, 1.82) is 0 Å². The van der Waals surface area contributed by atoms with Crippen LogP contribution < -0.4 is 5.73 Å². The number of aryl methyl sites for hydroxylation is 1. The third-order valence-corrected chi connectivity index (χ3v) is 2.67. The lowest BCUT2D eigenvalue weighted by Crippen LogP contribution is -2.32. The summed E-state index contributed by atoms with van der Waals surface area (Å²) in [7, 11) is 0. The normalized spacial score (nSPS) is 20.4. The fourth-order valence-corrected chi connectivity index (χ4v) is 1.96. The Bertz CT molecular complexity index is 306. The molecule has 4 heteroatoms. The standard InChI is InChI=1S/C10H17N3.ClH/c1-7(2)10-12-5-9-4-3-8(11)6-13(9)10;/h5,7-8H,3-4,6,11H2,1-2H3;1H. The lowest BCUT2D eigenvalue weighted by molar-refractivity contribution is 0.443. The van der Waals surface area contributed by atoms with E-state index in [1.807, 2.05) is 6.20 Å². The number of nitrogens with zero attached hydrogens (tertiary/aromatic N) is 2. The van der Waals surface area contributed by atoms with Gasteiger partial charge < -0.3 is 10.3 Å². The number of halogens is 1. The maximum absolute atomic E-state index is 5.93. The lowest BCUT2D eigenvalue weighted by atomic mass is 10.1. The summed E-state index contributed by atoms with van der Waals surface area (Å²) < 4.78 is 2.29. The molecule has 2 N–H and O–H groups in total. The van der Waals surface area contributed by atoms with Gasteiger partial charge in [-0.3, -0.25) is 0 Å². The summed E-state index contributed by atoms with van der Waals surface area (Å²) in [6, 6.07) is 0.319. The zero-order valence-corrected chi connectivity index (χ0v) is 9.55. The Balaban J connectivity index is 0.000000980. The van der Waals surface area contributed by atoms with Gasteiger partial charge in [0.1, 0.15) is 5.82 Å². The van der Waals surface area contributed by atoms with Crippen LogP contribution in [0.4, 0.5) is 0 Å². The van der Waals surface area contributed by atoms with Crippen molar-refractivity contribution in [3.05, 3.63) is 17.7 Å². The minimum atomic E-state index is 0. The smallest absolute Gasteiger partial charge is 0.111 e. The molecule has 3 nitrogen and oxygen atoms in total. The van der Waals surface area contributed by atoms with Crippen LogP contribution in [-0.2, 0) is 13.0 Å². The van der Waals surface area contributed by atoms with Crippen molar-refractivity contribution in [3.63, 3.8) is 0 Å². The molecule has 2 heterocycles. The predicted octanol–water partition coefficient (Wildman–Crippen LogP) is 1.70. The van der Waals surface area contributed by atoms with Crippen LogP contribution in [0.3, 0.4) is 0 Å². The number of hydrogen-bond donors (Lipinski definition) is 1. The van der Waals surface area contributed by atoms with E-state index >= 15 is 0 Å². The van der Waals surface area contributed by atoms with Crippen molar-refractivity contribution < 1.29 is 0 Å². The number of hydrogen-bond acceptors (Lipinski definition) is 2. The quantitative estimate of drug-likeness (QED) is 0.775.